The number of hydrogen-bond acceptors (Lipinski definition) is 4. The minimum absolute atomic E-state index is 0. The number of rotatable bonds is 8. The lowest BCUT2D eigenvalue weighted by atomic mass is 10.2. The van der Waals surface area contributed by atoms with E-state index < -0.39 is 0 Å². The maximum absolute atomic E-state index is 11.7. The number of unbranched alkanes of at least 4 members (excludes halogenated alkanes) is 1. The van der Waals surface area contributed by atoms with E-state index in [2.05, 4.69) is 26.6 Å². The number of halogens is 1. The van der Waals surface area contributed by atoms with Crippen LogP contribution >= 0.6 is 24.0 Å². The van der Waals surface area contributed by atoms with E-state index in [4.69, 9.17) is 4.74 Å². The predicted molar refractivity (Wildman–Crippen MR) is 133 cm³/mol. The van der Waals surface area contributed by atoms with Crippen LogP contribution in [0.15, 0.2) is 58.4 Å². The lowest BCUT2D eigenvalue weighted by Crippen LogP contribution is -2.44. The Labute approximate surface area is 195 Å². The van der Waals surface area contributed by atoms with Crippen molar-refractivity contribution in [3.63, 3.8) is 0 Å². The third-order valence-electron chi connectivity index (χ3n) is 5.20. The van der Waals surface area contributed by atoms with Crippen molar-refractivity contribution in [2.75, 3.05) is 38.7 Å². The summed E-state index contributed by atoms with van der Waals surface area (Å²) in [6.07, 6.45) is 4.80. The van der Waals surface area contributed by atoms with Gasteiger partial charge in [-0.05, 0) is 37.5 Å². The third-order valence-corrected chi connectivity index (χ3v) is 5.20. The molecule has 1 aliphatic rings. The Balaban J connectivity index is 0.00000320. The van der Waals surface area contributed by atoms with Crippen LogP contribution in [0.5, 0.6) is 5.75 Å². The molecule has 3 rings (SSSR count). The van der Waals surface area contributed by atoms with E-state index in [0.717, 1.165) is 62.8 Å². The molecular weight excluding hydrogens is 493 g/mol. The number of guanidine groups is 1. The molecule has 0 aliphatic carbocycles. The zero-order chi connectivity index (χ0) is 20.5. The molecule has 2 heterocycles. The molecule has 1 saturated heterocycles. The van der Waals surface area contributed by atoms with Crippen LogP contribution in [-0.4, -0.2) is 50.4 Å². The van der Waals surface area contributed by atoms with Crippen molar-refractivity contribution >= 4 is 35.6 Å². The molecular formula is C22H32IN5O2. The van der Waals surface area contributed by atoms with E-state index in [0.29, 0.717) is 6.04 Å². The largest absolute Gasteiger partial charge is 0.495 e. The van der Waals surface area contributed by atoms with E-state index in [1.165, 1.54) is 0 Å². The highest BCUT2D eigenvalue weighted by atomic mass is 127. The average molecular weight is 525 g/mol. The normalized spacial score (nSPS) is 16.1. The second kappa shape index (κ2) is 12.5. The SMILES string of the molecule is CN=C(NCCCCn1ccccc1=O)NC1CCN(c2ccccc2OC)C1.I. The summed E-state index contributed by atoms with van der Waals surface area (Å²) >= 11 is 0. The van der Waals surface area contributed by atoms with Crippen LogP contribution in [0.25, 0.3) is 0 Å². The Morgan fingerprint density at radius 2 is 2.00 bits per heavy atom. The van der Waals surface area contributed by atoms with Crippen LogP contribution in [0.4, 0.5) is 5.69 Å². The molecule has 0 spiro atoms. The highest BCUT2D eigenvalue weighted by Gasteiger charge is 2.25. The topological polar surface area (TPSA) is 70.9 Å². The van der Waals surface area contributed by atoms with Crippen LogP contribution < -0.4 is 25.8 Å². The molecule has 0 amide bonds. The van der Waals surface area contributed by atoms with Gasteiger partial charge in [0.15, 0.2) is 5.96 Å². The molecule has 0 saturated carbocycles. The molecule has 164 valence electrons. The van der Waals surface area contributed by atoms with E-state index in [1.54, 1.807) is 30.9 Å². The van der Waals surface area contributed by atoms with Gasteiger partial charge in [-0.2, -0.15) is 0 Å². The number of nitrogens with zero attached hydrogens (tertiary/aromatic N) is 3. The molecule has 0 radical (unpaired) electrons. The summed E-state index contributed by atoms with van der Waals surface area (Å²) in [7, 11) is 3.51. The number of para-hydroxylation sites is 2. The van der Waals surface area contributed by atoms with Gasteiger partial charge in [-0.1, -0.05) is 18.2 Å². The standard InChI is InChI=1S/C22H31N5O2.HI/c1-23-22(24-13-6-8-15-26-14-7-5-11-21(26)28)25-18-12-16-27(17-18)19-9-3-4-10-20(19)29-2;/h3-5,7,9-11,14,18H,6,8,12-13,15-17H2,1-2H3,(H2,23,24,25);1H. The number of ether oxygens (including phenoxy) is 1. The van der Waals surface area contributed by atoms with Crippen molar-refractivity contribution in [1.29, 1.82) is 0 Å². The van der Waals surface area contributed by atoms with Crippen molar-refractivity contribution < 1.29 is 4.74 Å². The van der Waals surface area contributed by atoms with E-state index in [1.807, 2.05) is 30.5 Å². The molecule has 8 heteroatoms. The fourth-order valence-electron chi connectivity index (χ4n) is 3.64. The van der Waals surface area contributed by atoms with Gasteiger partial charge in [-0.25, -0.2) is 0 Å². The number of anilines is 1. The number of aliphatic imine (C=N–C) groups is 1. The van der Waals surface area contributed by atoms with Crippen molar-refractivity contribution in [2.24, 2.45) is 4.99 Å². The van der Waals surface area contributed by atoms with Gasteiger partial charge < -0.3 is 24.8 Å². The summed E-state index contributed by atoms with van der Waals surface area (Å²) in [6.45, 7) is 3.47. The van der Waals surface area contributed by atoms with Crippen molar-refractivity contribution in [2.45, 2.75) is 31.8 Å². The van der Waals surface area contributed by atoms with Gasteiger partial charge in [-0.3, -0.25) is 9.79 Å². The number of pyridine rings is 1. The summed E-state index contributed by atoms with van der Waals surface area (Å²) in [4.78, 5) is 18.4. The Morgan fingerprint density at radius 1 is 1.20 bits per heavy atom. The summed E-state index contributed by atoms with van der Waals surface area (Å²) in [5.74, 6) is 1.74. The summed E-state index contributed by atoms with van der Waals surface area (Å²) < 4.78 is 7.24. The van der Waals surface area contributed by atoms with Crippen LogP contribution in [0, 0.1) is 0 Å². The smallest absolute Gasteiger partial charge is 0.250 e. The summed E-state index contributed by atoms with van der Waals surface area (Å²) in [6, 6.07) is 13.7. The highest BCUT2D eigenvalue weighted by Crippen LogP contribution is 2.30. The second-order valence-electron chi connectivity index (χ2n) is 7.19. The Hall–Kier alpha value is -2.23. The van der Waals surface area contributed by atoms with Crippen molar-refractivity contribution in [3.8, 4) is 5.75 Å². The first-order chi connectivity index (χ1) is 14.2. The monoisotopic (exact) mass is 525 g/mol. The molecule has 1 aromatic carbocycles. The van der Waals surface area contributed by atoms with Crippen LogP contribution in [0.1, 0.15) is 19.3 Å². The quantitative estimate of drug-likeness (QED) is 0.240. The van der Waals surface area contributed by atoms with Gasteiger partial charge in [0, 0.05) is 51.5 Å². The molecule has 0 bridgehead atoms. The van der Waals surface area contributed by atoms with E-state index in [-0.39, 0.29) is 29.5 Å². The predicted octanol–water partition coefficient (Wildman–Crippen LogP) is 2.70. The molecule has 1 atom stereocenters. The molecule has 1 unspecified atom stereocenters. The van der Waals surface area contributed by atoms with Gasteiger partial charge >= 0.3 is 0 Å². The Bertz CT molecular complexity index is 870. The highest BCUT2D eigenvalue weighted by molar-refractivity contribution is 14.0. The fourth-order valence-corrected chi connectivity index (χ4v) is 3.64. The molecule has 1 aromatic heterocycles. The number of nitrogens with one attached hydrogen (secondary N) is 2. The number of methoxy groups -OCH3 is 1. The Kier molecular flexibility index (Phi) is 9.99. The molecule has 2 N–H and O–H groups in total. The number of hydrogen-bond donors (Lipinski definition) is 2. The number of aromatic nitrogens is 1. The van der Waals surface area contributed by atoms with Crippen molar-refractivity contribution in [1.82, 2.24) is 15.2 Å². The van der Waals surface area contributed by atoms with Crippen LogP contribution in [0.2, 0.25) is 0 Å². The maximum atomic E-state index is 11.7. The molecule has 2 aromatic rings. The zero-order valence-corrected chi connectivity index (χ0v) is 20.0. The Morgan fingerprint density at radius 3 is 2.77 bits per heavy atom. The van der Waals surface area contributed by atoms with Crippen LogP contribution in [-0.2, 0) is 6.54 Å². The van der Waals surface area contributed by atoms with Crippen LogP contribution in [0.3, 0.4) is 0 Å². The molecule has 30 heavy (non-hydrogen) atoms. The minimum atomic E-state index is 0. The number of benzene rings is 1. The third kappa shape index (κ3) is 6.65. The van der Waals surface area contributed by atoms with Gasteiger partial charge in [0.05, 0.1) is 12.8 Å². The number of aryl methyl sites for hydroxylation is 1. The zero-order valence-electron chi connectivity index (χ0n) is 17.7. The average Bonchev–Trinajstić information content (AvgIpc) is 3.22. The maximum Gasteiger partial charge on any atom is 0.250 e. The van der Waals surface area contributed by atoms with Crippen molar-refractivity contribution in [3.05, 3.63) is 59.0 Å². The lowest BCUT2D eigenvalue weighted by Gasteiger charge is -2.22. The van der Waals surface area contributed by atoms with Gasteiger partial charge in [0.1, 0.15) is 5.75 Å². The molecule has 7 nitrogen and oxygen atoms in total. The summed E-state index contributed by atoms with van der Waals surface area (Å²) in [5, 5.41) is 6.90. The fraction of sp³-hybridized carbons (Fsp3) is 0.455. The van der Waals surface area contributed by atoms with E-state index in [9.17, 15) is 4.79 Å². The molecule has 1 fully saturated rings. The van der Waals surface area contributed by atoms with Gasteiger partial charge in [0.2, 0.25) is 5.56 Å². The lowest BCUT2D eigenvalue weighted by molar-refractivity contribution is 0.415. The minimum Gasteiger partial charge on any atom is -0.495 e. The summed E-state index contributed by atoms with van der Waals surface area (Å²) in [5.41, 5.74) is 1.19. The molecule has 1 aliphatic heterocycles. The van der Waals surface area contributed by atoms with E-state index >= 15 is 0 Å². The van der Waals surface area contributed by atoms with Gasteiger partial charge in [0.25, 0.3) is 0 Å². The first-order valence-electron chi connectivity index (χ1n) is 10.2. The first-order valence-corrected chi connectivity index (χ1v) is 10.2. The van der Waals surface area contributed by atoms with Gasteiger partial charge in [-0.15, -0.1) is 24.0 Å². The first kappa shape index (κ1) is 24.0. The second-order valence-corrected chi connectivity index (χ2v) is 7.19.